The van der Waals surface area contributed by atoms with Crippen molar-refractivity contribution in [3.63, 3.8) is 0 Å². The minimum atomic E-state index is 0. The summed E-state index contributed by atoms with van der Waals surface area (Å²) in [7, 11) is 1.72. The van der Waals surface area contributed by atoms with Crippen LogP contribution in [0.1, 0.15) is 49.6 Å². The number of aliphatic imine (C=N–C) groups is 1. The van der Waals surface area contributed by atoms with Gasteiger partial charge in [-0.3, -0.25) is 4.99 Å². The highest BCUT2D eigenvalue weighted by atomic mass is 127. The van der Waals surface area contributed by atoms with Crippen molar-refractivity contribution in [2.75, 3.05) is 7.05 Å². The molecule has 0 aromatic carbocycles. The molecule has 128 valence electrons. The average Bonchev–Trinajstić information content (AvgIpc) is 3.16. The number of rotatable bonds is 6. The molecule has 2 aromatic heterocycles. The van der Waals surface area contributed by atoms with E-state index in [1.165, 1.54) is 0 Å². The van der Waals surface area contributed by atoms with Crippen molar-refractivity contribution in [3.8, 4) is 0 Å². The largest absolute Gasteiger partial charge is 0.359 e. The molecule has 0 aliphatic carbocycles. The van der Waals surface area contributed by atoms with Crippen LogP contribution in [0, 0.1) is 0 Å². The van der Waals surface area contributed by atoms with Crippen LogP contribution < -0.4 is 10.6 Å². The third kappa shape index (κ3) is 5.85. The first-order valence-corrected chi connectivity index (χ1v) is 7.46. The Morgan fingerprint density at radius 1 is 1.13 bits per heavy atom. The maximum Gasteiger partial charge on any atom is 0.191 e. The summed E-state index contributed by atoms with van der Waals surface area (Å²) in [5.74, 6) is 2.58. The molecule has 0 atom stereocenters. The van der Waals surface area contributed by atoms with E-state index in [1.807, 2.05) is 19.1 Å². The highest BCUT2D eigenvalue weighted by Crippen LogP contribution is 2.13. The third-order valence-electron chi connectivity index (χ3n) is 3.22. The summed E-state index contributed by atoms with van der Waals surface area (Å²) in [6.07, 6.45) is 0.861. The van der Waals surface area contributed by atoms with Crippen molar-refractivity contribution >= 4 is 29.9 Å². The second kappa shape index (κ2) is 9.53. The van der Waals surface area contributed by atoms with Gasteiger partial charge in [-0.1, -0.05) is 31.1 Å². The van der Waals surface area contributed by atoms with Gasteiger partial charge in [0.1, 0.15) is 0 Å². The molecule has 2 N–H and O–H groups in total. The van der Waals surface area contributed by atoms with Gasteiger partial charge in [-0.2, -0.15) is 0 Å². The molecule has 0 radical (unpaired) electrons. The lowest BCUT2D eigenvalue weighted by molar-refractivity contribution is 0.369. The number of halogens is 1. The third-order valence-corrected chi connectivity index (χ3v) is 3.22. The SMILES string of the molecule is CCc1cc(CNC(=NC)NCc2cc(C(C)C)no2)on1.I. The smallest absolute Gasteiger partial charge is 0.191 e. The first-order valence-electron chi connectivity index (χ1n) is 7.46. The van der Waals surface area contributed by atoms with E-state index in [2.05, 4.69) is 39.8 Å². The van der Waals surface area contributed by atoms with Crippen LogP contribution in [0.25, 0.3) is 0 Å². The van der Waals surface area contributed by atoms with Gasteiger partial charge >= 0.3 is 0 Å². The number of nitrogens with one attached hydrogen (secondary N) is 2. The molecule has 7 nitrogen and oxygen atoms in total. The minimum Gasteiger partial charge on any atom is -0.359 e. The highest BCUT2D eigenvalue weighted by molar-refractivity contribution is 14.0. The Bertz CT molecular complexity index is 621. The van der Waals surface area contributed by atoms with E-state index in [1.54, 1.807) is 7.05 Å². The molecule has 0 saturated carbocycles. The maximum atomic E-state index is 5.28. The number of aromatic nitrogens is 2. The zero-order valence-electron chi connectivity index (χ0n) is 13.9. The number of hydrogen-bond donors (Lipinski definition) is 2. The summed E-state index contributed by atoms with van der Waals surface area (Å²) in [6, 6.07) is 3.89. The van der Waals surface area contributed by atoms with Crippen LogP contribution in [-0.4, -0.2) is 23.3 Å². The number of guanidine groups is 1. The van der Waals surface area contributed by atoms with Crippen molar-refractivity contribution in [1.29, 1.82) is 0 Å². The summed E-state index contributed by atoms with van der Waals surface area (Å²) in [5.41, 5.74) is 1.90. The van der Waals surface area contributed by atoms with Crippen LogP contribution in [0.2, 0.25) is 0 Å². The van der Waals surface area contributed by atoms with Crippen molar-refractivity contribution in [1.82, 2.24) is 20.9 Å². The predicted molar refractivity (Wildman–Crippen MR) is 98.9 cm³/mol. The van der Waals surface area contributed by atoms with Gasteiger partial charge in [-0.15, -0.1) is 24.0 Å². The molecule has 0 unspecified atom stereocenters. The van der Waals surface area contributed by atoms with Crippen molar-refractivity contribution in [2.45, 2.75) is 46.2 Å². The molecule has 2 aromatic rings. The lowest BCUT2D eigenvalue weighted by Gasteiger charge is -2.08. The lowest BCUT2D eigenvalue weighted by Crippen LogP contribution is -2.36. The van der Waals surface area contributed by atoms with Crippen LogP contribution in [-0.2, 0) is 19.5 Å². The van der Waals surface area contributed by atoms with E-state index >= 15 is 0 Å². The maximum absolute atomic E-state index is 5.28. The van der Waals surface area contributed by atoms with Crippen molar-refractivity contribution in [3.05, 3.63) is 35.0 Å². The van der Waals surface area contributed by atoms with E-state index in [-0.39, 0.29) is 24.0 Å². The molecule has 2 heterocycles. The first kappa shape index (κ1) is 19.5. The molecule has 0 saturated heterocycles. The summed E-state index contributed by atoms with van der Waals surface area (Å²) in [4.78, 5) is 4.16. The topological polar surface area (TPSA) is 88.5 Å². The molecule has 0 aliphatic rings. The minimum absolute atomic E-state index is 0. The average molecular weight is 433 g/mol. The van der Waals surface area contributed by atoms with Gasteiger partial charge in [0.2, 0.25) is 0 Å². The molecule has 2 rings (SSSR count). The Hall–Kier alpha value is -1.58. The second-order valence-electron chi connectivity index (χ2n) is 5.29. The Labute approximate surface area is 153 Å². The van der Waals surface area contributed by atoms with E-state index in [0.717, 1.165) is 29.3 Å². The zero-order valence-corrected chi connectivity index (χ0v) is 16.3. The van der Waals surface area contributed by atoms with Crippen LogP contribution in [0.15, 0.2) is 26.2 Å². The molecular formula is C15H24IN5O2. The number of hydrogen-bond acceptors (Lipinski definition) is 5. The van der Waals surface area contributed by atoms with Crippen LogP contribution in [0.4, 0.5) is 0 Å². The summed E-state index contributed by atoms with van der Waals surface area (Å²) < 4.78 is 10.5. The monoisotopic (exact) mass is 433 g/mol. The van der Waals surface area contributed by atoms with Gasteiger partial charge in [0.15, 0.2) is 17.5 Å². The molecule has 0 amide bonds. The van der Waals surface area contributed by atoms with Crippen LogP contribution in [0.5, 0.6) is 0 Å². The lowest BCUT2D eigenvalue weighted by atomic mass is 10.1. The normalized spacial score (nSPS) is 11.4. The Balaban J connectivity index is 0.00000264. The summed E-state index contributed by atoms with van der Waals surface area (Å²) >= 11 is 0. The van der Waals surface area contributed by atoms with Crippen molar-refractivity contribution in [2.24, 2.45) is 4.99 Å². The van der Waals surface area contributed by atoms with Gasteiger partial charge in [0.25, 0.3) is 0 Å². The Morgan fingerprint density at radius 3 is 2.22 bits per heavy atom. The van der Waals surface area contributed by atoms with Gasteiger partial charge in [-0.25, -0.2) is 0 Å². The summed E-state index contributed by atoms with van der Waals surface area (Å²) in [5, 5.41) is 14.3. The fraction of sp³-hybridized carbons (Fsp3) is 0.533. The van der Waals surface area contributed by atoms with Crippen LogP contribution in [0.3, 0.4) is 0 Å². The summed E-state index contributed by atoms with van der Waals surface area (Å²) in [6.45, 7) is 7.25. The van der Waals surface area contributed by atoms with Gasteiger partial charge in [0.05, 0.1) is 24.5 Å². The van der Waals surface area contributed by atoms with Gasteiger partial charge < -0.3 is 19.7 Å². The van der Waals surface area contributed by atoms with E-state index in [0.29, 0.717) is 25.0 Å². The van der Waals surface area contributed by atoms with Crippen molar-refractivity contribution < 1.29 is 9.05 Å². The number of aryl methyl sites for hydroxylation is 1. The van der Waals surface area contributed by atoms with E-state index < -0.39 is 0 Å². The molecule has 8 heteroatoms. The van der Waals surface area contributed by atoms with Gasteiger partial charge in [-0.05, 0) is 12.3 Å². The van der Waals surface area contributed by atoms with E-state index in [4.69, 9.17) is 9.05 Å². The predicted octanol–water partition coefficient (Wildman–Crippen LogP) is 2.83. The molecule has 0 spiro atoms. The van der Waals surface area contributed by atoms with E-state index in [9.17, 15) is 0 Å². The Morgan fingerprint density at radius 2 is 1.74 bits per heavy atom. The number of nitrogens with zero attached hydrogens (tertiary/aromatic N) is 3. The molecule has 0 fully saturated rings. The molecule has 23 heavy (non-hydrogen) atoms. The van der Waals surface area contributed by atoms with Crippen LogP contribution >= 0.6 is 24.0 Å². The van der Waals surface area contributed by atoms with Gasteiger partial charge in [0, 0.05) is 19.2 Å². The zero-order chi connectivity index (χ0) is 15.9. The fourth-order valence-corrected chi connectivity index (χ4v) is 1.85. The quantitative estimate of drug-likeness (QED) is 0.414. The second-order valence-corrected chi connectivity index (χ2v) is 5.29. The molecular weight excluding hydrogens is 409 g/mol. The molecule has 0 bridgehead atoms. The standard InChI is InChI=1S/C15H23N5O2.HI/c1-5-11-6-12(21-19-11)8-17-15(16-4)18-9-13-7-14(10(2)3)20-22-13;/h6-7,10H,5,8-9H2,1-4H3,(H2,16,17,18);1H. The fourth-order valence-electron chi connectivity index (χ4n) is 1.85. The molecule has 0 aliphatic heterocycles. The Kier molecular flexibility index (Phi) is 8.07. The highest BCUT2D eigenvalue weighted by Gasteiger charge is 2.09. The first-order chi connectivity index (χ1) is 10.6.